The van der Waals surface area contributed by atoms with Crippen LogP contribution in [0, 0.1) is 6.92 Å². The quantitative estimate of drug-likeness (QED) is 0.901. The van der Waals surface area contributed by atoms with Crippen molar-refractivity contribution in [3.05, 3.63) is 65.9 Å². The van der Waals surface area contributed by atoms with Gasteiger partial charge in [-0.25, -0.2) is 0 Å². The molecule has 0 spiro atoms. The largest absolute Gasteiger partial charge is 0.485 e. The Morgan fingerprint density at radius 3 is 2.56 bits per heavy atom. The fourth-order valence-corrected chi connectivity index (χ4v) is 3.53. The molecule has 1 fully saturated rings. The van der Waals surface area contributed by atoms with Crippen molar-refractivity contribution in [2.24, 2.45) is 0 Å². The number of hydrogen-bond donors (Lipinski definition) is 1. The number of ether oxygens (including phenoxy) is 2. The van der Waals surface area contributed by atoms with E-state index >= 15 is 0 Å². The maximum atomic E-state index is 10.7. The van der Waals surface area contributed by atoms with Crippen molar-refractivity contribution in [1.82, 2.24) is 4.90 Å². The summed E-state index contributed by atoms with van der Waals surface area (Å²) in [5, 5.41) is 10.7. The summed E-state index contributed by atoms with van der Waals surface area (Å²) in [6, 6.07) is 14.3. The van der Waals surface area contributed by atoms with E-state index in [1.54, 1.807) is 6.26 Å². The third-order valence-corrected chi connectivity index (χ3v) is 5.18. The zero-order chi connectivity index (χ0) is 18.6. The Bertz CT molecular complexity index is 796. The van der Waals surface area contributed by atoms with Crippen LogP contribution in [-0.2, 0) is 0 Å². The van der Waals surface area contributed by atoms with E-state index in [0.717, 1.165) is 31.7 Å². The van der Waals surface area contributed by atoms with Gasteiger partial charge in [0.15, 0.2) is 11.5 Å². The zero-order valence-electron chi connectivity index (χ0n) is 15.7. The van der Waals surface area contributed by atoms with Crippen LogP contribution in [0.25, 0.3) is 0 Å². The molecule has 1 unspecified atom stereocenters. The first kappa shape index (κ1) is 17.9. The number of fused-ring (bicyclic) bond motifs is 1. The van der Waals surface area contributed by atoms with E-state index in [1.165, 1.54) is 11.3 Å². The van der Waals surface area contributed by atoms with Crippen LogP contribution in [0.4, 0.5) is 5.69 Å². The highest BCUT2D eigenvalue weighted by Gasteiger charge is 2.21. The van der Waals surface area contributed by atoms with E-state index in [0.29, 0.717) is 24.7 Å². The molecule has 0 aromatic heterocycles. The molecule has 4 rings (SSSR count). The summed E-state index contributed by atoms with van der Waals surface area (Å²) in [7, 11) is 0. The molecule has 2 aliphatic heterocycles. The molecule has 0 radical (unpaired) electrons. The summed E-state index contributed by atoms with van der Waals surface area (Å²) in [5.41, 5.74) is 3.42. The van der Waals surface area contributed by atoms with Gasteiger partial charge in [0.25, 0.3) is 0 Å². The molecule has 27 heavy (non-hydrogen) atoms. The van der Waals surface area contributed by atoms with Gasteiger partial charge >= 0.3 is 0 Å². The molecule has 2 aliphatic rings. The molecule has 2 heterocycles. The number of nitrogens with zero attached hydrogens (tertiary/aromatic N) is 2. The Hall–Kier alpha value is -2.50. The normalized spacial score (nSPS) is 18.2. The van der Waals surface area contributed by atoms with Crippen molar-refractivity contribution >= 4 is 5.69 Å². The first-order valence-electron chi connectivity index (χ1n) is 9.49. The molecule has 5 heteroatoms. The number of aliphatic hydroxyl groups excluding tert-OH is 1. The summed E-state index contributed by atoms with van der Waals surface area (Å²) < 4.78 is 11.1. The van der Waals surface area contributed by atoms with Crippen LogP contribution in [-0.4, -0.2) is 49.3 Å². The van der Waals surface area contributed by atoms with E-state index in [2.05, 4.69) is 41.0 Å². The third kappa shape index (κ3) is 4.26. The molecule has 0 bridgehead atoms. The number of aryl methyl sites for hydroxylation is 1. The van der Waals surface area contributed by atoms with Gasteiger partial charge in [-0.3, -0.25) is 4.90 Å². The maximum Gasteiger partial charge on any atom is 0.168 e. The van der Waals surface area contributed by atoms with Crippen molar-refractivity contribution in [3.8, 4) is 11.5 Å². The third-order valence-electron chi connectivity index (χ3n) is 5.18. The van der Waals surface area contributed by atoms with E-state index in [9.17, 15) is 5.11 Å². The predicted molar refractivity (Wildman–Crippen MR) is 106 cm³/mol. The molecular weight excluding hydrogens is 340 g/mol. The lowest BCUT2D eigenvalue weighted by Crippen LogP contribution is -2.47. The van der Waals surface area contributed by atoms with Crippen LogP contribution >= 0.6 is 0 Å². The lowest BCUT2D eigenvalue weighted by atomic mass is 10.1. The molecule has 1 saturated heterocycles. The topological polar surface area (TPSA) is 45.2 Å². The summed E-state index contributed by atoms with van der Waals surface area (Å²) in [5.74, 6) is 1.37. The number of aliphatic hydroxyl groups is 1. The van der Waals surface area contributed by atoms with E-state index in [4.69, 9.17) is 9.47 Å². The molecule has 1 atom stereocenters. The van der Waals surface area contributed by atoms with Crippen LogP contribution < -0.4 is 14.4 Å². The molecular formula is C22H26N2O3. The molecule has 0 saturated carbocycles. The highest BCUT2D eigenvalue weighted by Crippen LogP contribution is 2.32. The van der Waals surface area contributed by atoms with Crippen LogP contribution in [0.15, 0.2) is 54.8 Å². The lowest BCUT2D eigenvalue weighted by molar-refractivity contribution is 0.109. The first-order valence-corrected chi connectivity index (χ1v) is 9.49. The lowest BCUT2D eigenvalue weighted by Gasteiger charge is -2.37. The maximum absolute atomic E-state index is 10.7. The molecule has 0 aliphatic carbocycles. The highest BCUT2D eigenvalue weighted by atomic mass is 16.5. The Labute approximate surface area is 160 Å². The number of hydrogen-bond acceptors (Lipinski definition) is 5. The Morgan fingerprint density at radius 2 is 1.78 bits per heavy atom. The van der Waals surface area contributed by atoms with Crippen LogP contribution in [0.1, 0.15) is 17.2 Å². The van der Waals surface area contributed by atoms with Crippen molar-refractivity contribution < 1.29 is 14.6 Å². The van der Waals surface area contributed by atoms with Gasteiger partial charge in [-0.1, -0.05) is 23.8 Å². The average Bonchev–Trinajstić information content (AvgIpc) is 2.94. The number of rotatable bonds is 4. The second-order valence-electron chi connectivity index (χ2n) is 7.15. The van der Waals surface area contributed by atoms with Gasteiger partial charge < -0.3 is 19.5 Å². The summed E-state index contributed by atoms with van der Waals surface area (Å²) >= 11 is 0. The fourth-order valence-electron chi connectivity index (χ4n) is 3.53. The molecule has 142 valence electrons. The van der Waals surface area contributed by atoms with Crippen LogP contribution in [0.2, 0.25) is 0 Å². The van der Waals surface area contributed by atoms with Crippen molar-refractivity contribution in [2.75, 3.05) is 44.2 Å². The molecule has 1 N–H and O–H groups in total. The van der Waals surface area contributed by atoms with Crippen molar-refractivity contribution in [3.63, 3.8) is 0 Å². The van der Waals surface area contributed by atoms with Gasteiger partial charge in [-0.15, -0.1) is 0 Å². The SMILES string of the molecule is Cc1ccc(N2CCN(CC(O)c3ccc4c(c3)OCC=CO4)CC2)cc1. The van der Waals surface area contributed by atoms with Crippen molar-refractivity contribution in [1.29, 1.82) is 0 Å². The second-order valence-corrected chi connectivity index (χ2v) is 7.15. The second kappa shape index (κ2) is 8.03. The Kier molecular flexibility index (Phi) is 5.32. The van der Waals surface area contributed by atoms with Gasteiger partial charge in [-0.05, 0) is 42.8 Å². The van der Waals surface area contributed by atoms with Gasteiger partial charge in [0.1, 0.15) is 6.61 Å². The minimum atomic E-state index is -0.541. The number of benzene rings is 2. The van der Waals surface area contributed by atoms with Crippen LogP contribution in [0.5, 0.6) is 11.5 Å². The highest BCUT2D eigenvalue weighted by molar-refractivity contribution is 5.48. The van der Waals surface area contributed by atoms with Gasteiger partial charge in [0.05, 0.1) is 12.4 Å². The standard InChI is InChI=1S/C22H26N2O3/c1-17-3-6-19(7-4-17)24-11-9-23(10-12-24)16-20(25)18-5-8-21-22(15-18)27-14-2-13-26-21/h2-8,13,15,20,25H,9-12,14,16H2,1H3. The van der Waals surface area contributed by atoms with E-state index in [-0.39, 0.29) is 0 Å². The summed E-state index contributed by atoms with van der Waals surface area (Å²) in [6.45, 7) is 7.05. The number of piperazine rings is 1. The minimum absolute atomic E-state index is 0.480. The summed E-state index contributed by atoms with van der Waals surface area (Å²) in [6.07, 6.45) is 2.92. The summed E-state index contributed by atoms with van der Waals surface area (Å²) in [4.78, 5) is 4.73. The zero-order valence-corrected chi connectivity index (χ0v) is 15.7. The predicted octanol–water partition coefficient (Wildman–Crippen LogP) is 3.14. The Morgan fingerprint density at radius 1 is 1.00 bits per heavy atom. The minimum Gasteiger partial charge on any atom is -0.485 e. The van der Waals surface area contributed by atoms with E-state index < -0.39 is 6.10 Å². The van der Waals surface area contributed by atoms with Gasteiger partial charge in [0, 0.05) is 38.4 Å². The molecule has 0 amide bonds. The van der Waals surface area contributed by atoms with Crippen LogP contribution in [0.3, 0.4) is 0 Å². The van der Waals surface area contributed by atoms with E-state index in [1.807, 2.05) is 24.3 Å². The smallest absolute Gasteiger partial charge is 0.168 e. The molecule has 5 nitrogen and oxygen atoms in total. The first-order chi connectivity index (χ1) is 13.2. The monoisotopic (exact) mass is 366 g/mol. The molecule has 2 aromatic rings. The number of β-amino-alcohol motifs (C(OH)–C–C–N with tert-alkyl or cyclic N) is 1. The average molecular weight is 366 g/mol. The van der Waals surface area contributed by atoms with Gasteiger partial charge in [0.2, 0.25) is 0 Å². The molecule has 2 aromatic carbocycles. The van der Waals surface area contributed by atoms with Crippen molar-refractivity contribution in [2.45, 2.75) is 13.0 Å². The fraction of sp³-hybridized carbons (Fsp3) is 0.364. The van der Waals surface area contributed by atoms with Gasteiger partial charge in [-0.2, -0.15) is 0 Å². The Balaban J connectivity index is 1.33. The number of anilines is 1.